The predicted molar refractivity (Wildman–Crippen MR) is 113 cm³/mol. The molecule has 0 unspecified atom stereocenters. The number of nitrogens with one attached hydrogen (secondary N) is 1. The second-order valence-electron chi connectivity index (χ2n) is 7.38. The van der Waals surface area contributed by atoms with Gasteiger partial charge in [-0.25, -0.2) is 14.6 Å². The van der Waals surface area contributed by atoms with E-state index in [1.807, 2.05) is 4.90 Å². The van der Waals surface area contributed by atoms with Crippen LogP contribution in [0.4, 0.5) is 16.3 Å². The first-order chi connectivity index (χ1) is 14.3. The molecule has 0 aliphatic carbocycles. The summed E-state index contributed by atoms with van der Waals surface area (Å²) in [4.78, 5) is 43.9. The summed E-state index contributed by atoms with van der Waals surface area (Å²) in [6.07, 6.45) is -0.342. The molecule has 0 bridgehead atoms. The zero-order chi connectivity index (χ0) is 21.8. The highest BCUT2D eigenvalue weighted by Crippen LogP contribution is 2.27. The molecule has 9 heteroatoms. The van der Waals surface area contributed by atoms with Crippen LogP contribution in [0, 0.1) is 5.92 Å². The minimum absolute atomic E-state index is 0.114. The quantitative estimate of drug-likeness (QED) is 0.774. The van der Waals surface area contributed by atoms with Crippen LogP contribution in [-0.2, 0) is 9.53 Å². The van der Waals surface area contributed by atoms with Gasteiger partial charge in [0.2, 0.25) is 5.91 Å². The van der Waals surface area contributed by atoms with Crippen LogP contribution in [0.1, 0.15) is 31.1 Å². The first-order valence-corrected chi connectivity index (χ1v) is 9.95. The van der Waals surface area contributed by atoms with Crippen LogP contribution >= 0.6 is 0 Å². The van der Waals surface area contributed by atoms with Crippen LogP contribution in [0.3, 0.4) is 0 Å². The summed E-state index contributed by atoms with van der Waals surface area (Å²) in [5, 5.41) is 13.0. The van der Waals surface area contributed by atoms with E-state index >= 15 is 0 Å². The predicted octanol–water partition coefficient (Wildman–Crippen LogP) is 2.81. The maximum atomic E-state index is 12.0. The maximum absolute atomic E-state index is 12.0. The molecule has 1 aromatic carbocycles. The van der Waals surface area contributed by atoms with Gasteiger partial charge in [0.25, 0.3) is 0 Å². The molecule has 3 rings (SSSR count). The molecular weight excluding hydrogens is 388 g/mol. The Morgan fingerprint density at radius 3 is 2.47 bits per heavy atom. The van der Waals surface area contributed by atoms with Crippen molar-refractivity contribution in [3.63, 3.8) is 0 Å². The number of nitrogens with zero attached hydrogens (tertiary/aromatic N) is 3. The summed E-state index contributed by atoms with van der Waals surface area (Å²) in [6.45, 7) is 7.66. The lowest BCUT2D eigenvalue weighted by atomic mass is 10.1. The Labute approximate surface area is 174 Å². The number of pyridine rings is 1. The molecule has 9 nitrogen and oxygen atoms in total. The summed E-state index contributed by atoms with van der Waals surface area (Å²) in [7, 11) is 0. The van der Waals surface area contributed by atoms with Gasteiger partial charge >= 0.3 is 12.1 Å². The number of carboxylic acid groups (broad SMARTS) is 1. The lowest BCUT2D eigenvalue weighted by Gasteiger charge is -2.35. The van der Waals surface area contributed by atoms with Crippen molar-refractivity contribution in [3.05, 3.63) is 29.8 Å². The number of rotatable bonds is 5. The average Bonchev–Trinajstić information content (AvgIpc) is 2.73. The van der Waals surface area contributed by atoms with E-state index in [1.165, 1.54) is 0 Å². The van der Waals surface area contributed by atoms with Crippen molar-refractivity contribution in [1.82, 2.24) is 9.88 Å². The van der Waals surface area contributed by atoms with Crippen LogP contribution < -0.4 is 10.2 Å². The van der Waals surface area contributed by atoms with Gasteiger partial charge in [0.15, 0.2) is 0 Å². The molecule has 1 aromatic heterocycles. The zero-order valence-electron chi connectivity index (χ0n) is 17.3. The molecular formula is C21H26N4O5. The summed E-state index contributed by atoms with van der Waals surface area (Å²) < 4.78 is 5.03. The van der Waals surface area contributed by atoms with Gasteiger partial charge in [-0.2, -0.15) is 0 Å². The zero-order valence-corrected chi connectivity index (χ0v) is 17.3. The van der Waals surface area contributed by atoms with Gasteiger partial charge < -0.3 is 25.0 Å². The van der Waals surface area contributed by atoms with Gasteiger partial charge in [0, 0.05) is 43.2 Å². The van der Waals surface area contributed by atoms with Crippen molar-refractivity contribution >= 4 is 40.4 Å². The summed E-state index contributed by atoms with van der Waals surface area (Å²) in [5.74, 6) is -0.854. The number of anilines is 2. The molecule has 0 spiro atoms. The van der Waals surface area contributed by atoms with E-state index in [0.29, 0.717) is 55.2 Å². The van der Waals surface area contributed by atoms with E-state index in [4.69, 9.17) is 4.74 Å². The fourth-order valence-electron chi connectivity index (χ4n) is 3.25. The number of aromatic carboxylic acids is 1. The van der Waals surface area contributed by atoms with Crippen LogP contribution in [0.25, 0.3) is 10.9 Å². The number of benzene rings is 1. The lowest BCUT2D eigenvalue weighted by molar-refractivity contribution is -0.118. The molecule has 2 heterocycles. The molecule has 0 radical (unpaired) electrons. The van der Waals surface area contributed by atoms with Crippen LogP contribution in [-0.4, -0.2) is 65.7 Å². The highest BCUT2D eigenvalue weighted by atomic mass is 16.6. The van der Waals surface area contributed by atoms with Gasteiger partial charge in [0.05, 0.1) is 17.7 Å². The van der Waals surface area contributed by atoms with E-state index < -0.39 is 5.97 Å². The lowest BCUT2D eigenvalue weighted by Crippen LogP contribution is -2.49. The molecule has 0 atom stereocenters. The number of carbonyl (C=O) groups is 3. The number of hydrogen-bond acceptors (Lipinski definition) is 6. The fourth-order valence-corrected chi connectivity index (χ4v) is 3.25. The molecule has 1 aliphatic rings. The monoisotopic (exact) mass is 414 g/mol. The maximum Gasteiger partial charge on any atom is 0.409 e. The number of fused-ring (bicyclic) bond motifs is 1. The van der Waals surface area contributed by atoms with Gasteiger partial charge in [-0.15, -0.1) is 0 Å². The molecule has 0 saturated carbocycles. The standard InChI is InChI=1S/C21H26N4O5/c1-4-30-21(29)25-9-7-24(8-10-25)18-12-16(20(27)28)15-11-14(5-6-17(15)23-18)22-19(26)13(2)3/h5-6,11-13H,4,7-10H2,1-3H3,(H,22,26)(H,27,28). The molecule has 1 saturated heterocycles. The molecule has 1 aliphatic heterocycles. The largest absolute Gasteiger partial charge is 0.478 e. The van der Waals surface area contributed by atoms with Gasteiger partial charge in [-0.1, -0.05) is 13.8 Å². The second-order valence-corrected chi connectivity index (χ2v) is 7.38. The topological polar surface area (TPSA) is 112 Å². The Kier molecular flexibility index (Phi) is 6.39. The average molecular weight is 414 g/mol. The van der Waals surface area contributed by atoms with Crippen LogP contribution in [0.15, 0.2) is 24.3 Å². The van der Waals surface area contributed by atoms with Crippen LogP contribution in [0.5, 0.6) is 0 Å². The molecule has 30 heavy (non-hydrogen) atoms. The number of piperazine rings is 1. The Balaban J connectivity index is 1.86. The van der Waals surface area contributed by atoms with Crippen molar-refractivity contribution in [2.75, 3.05) is 43.0 Å². The molecule has 2 N–H and O–H groups in total. The molecule has 160 valence electrons. The minimum atomic E-state index is -1.07. The molecule has 2 aromatic rings. The fraction of sp³-hybridized carbons (Fsp3) is 0.429. The number of amides is 2. The van der Waals surface area contributed by atoms with Crippen molar-refractivity contribution < 1.29 is 24.2 Å². The van der Waals surface area contributed by atoms with E-state index in [1.54, 1.807) is 49.9 Å². The molecule has 1 fully saturated rings. The summed E-state index contributed by atoms with van der Waals surface area (Å²) >= 11 is 0. The Bertz CT molecular complexity index is 967. The highest BCUT2D eigenvalue weighted by Gasteiger charge is 2.24. The van der Waals surface area contributed by atoms with E-state index in [9.17, 15) is 19.5 Å². The number of carbonyl (C=O) groups excluding carboxylic acids is 2. The SMILES string of the molecule is CCOC(=O)N1CCN(c2cc(C(=O)O)c3cc(NC(=O)C(C)C)ccc3n2)CC1. The Hall–Kier alpha value is -3.36. The first kappa shape index (κ1) is 21.4. The first-order valence-electron chi connectivity index (χ1n) is 9.95. The number of hydrogen-bond donors (Lipinski definition) is 2. The van der Waals surface area contributed by atoms with Gasteiger partial charge in [-0.05, 0) is 31.2 Å². The third kappa shape index (κ3) is 4.61. The molecule has 2 amide bonds. The number of carboxylic acids is 1. The third-order valence-corrected chi connectivity index (χ3v) is 4.95. The number of ether oxygens (including phenoxy) is 1. The minimum Gasteiger partial charge on any atom is -0.478 e. The highest BCUT2D eigenvalue weighted by molar-refractivity contribution is 6.05. The smallest absolute Gasteiger partial charge is 0.409 e. The van der Waals surface area contributed by atoms with Crippen molar-refractivity contribution in [3.8, 4) is 0 Å². The Morgan fingerprint density at radius 2 is 1.87 bits per heavy atom. The normalized spacial score (nSPS) is 14.1. The van der Waals surface area contributed by atoms with Crippen molar-refractivity contribution in [1.29, 1.82) is 0 Å². The van der Waals surface area contributed by atoms with Gasteiger partial charge in [-0.3, -0.25) is 4.79 Å². The second kappa shape index (κ2) is 8.98. The van der Waals surface area contributed by atoms with Gasteiger partial charge in [0.1, 0.15) is 5.82 Å². The van der Waals surface area contributed by atoms with Crippen molar-refractivity contribution in [2.24, 2.45) is 5.92 Å². The number of aromatic nitrogens is 1. The van der Waals surface area contributed by atoms with E-state index in [2.05, 4.69) is 10.3 Å². The Morgan fingerprint density at radius 1 is 1.17 bits per heavy atom. The summed E-state index contributed by atoms with van der Waals surface area (Å²) in [6, 6.07) is 6.59. The van der Waals surface area contributed by atoms with E-state index in [0.717, 1.165) is 0 Å². The van der Waals surface area contributed by atoms with Crippen molar-refractivity contribution in [2.45, 2.75) is 20.8 Å². The third-order valence-electron chi connectivity index (χ3n) is 4.95. The van der Waals surface area contributed by atoms with E-state index in [-0.39, 0.29) is 23.5 Å². The van der Waals surface area contributed by atoms with Crippen LogP contribution in [0.2, 0.25) is 0 Å². The summed E-state index contributed by atoms with van der Waals surface area (Å²) in [5.41, 5.74) is 1.17.